The fraction of sp³-hybridized carbons (Fsp3) is 0.250. The monoisotopic (exact) mass is 398 g/mol. The zero-order valence-corrected chi connectivity index (χ0v) is 14.4. The fourth-order valence-electron chi connectivity index (χ4n) is 2.65. The lowest BCUT2D eigenvalue weighted by Crippen LogP contribution is -2.21. The van der Waals surface area contributed by atoms with Crippen LogP contribution in [0.5, 0.6) is 0 Å². The van der Waals surface area contributed by atoms with Crippen molar-refractivity contribution < 1.29 is 0 Å². The Morgan fingerprint density at radius 3 is 2.63 bits per heavy atom. The first kappa shape index (κ1) is 13.7. The topological polar surface area (TPSA) is 0 Å². The molecule has 0 aromatic heterocycles. The Labute approximate surface area is 135 Å². The third-order valence-corrected chi connectivity index (χ3v) is 5.90. The molecule has 0 heterocycles. The van der Waals surface area contributed by atoms with Gasteiger partial charge in [-0.3, -0.25) is 0 Å². The summed E-state index contributed by atoms with van der Waals surface area (Å²) >= 11 is 13.9. The van der Waals surface area contributed by atoms with E-state index in [1.165, 1.54) is 22.3 Å². The van der Waals surface area contributed by atoms with Crippen LogP contribution in [-0.2, 0) is 6.42 Å². The number of halogens is 3. The summed E-state index contributed by atoms with van der Waals surface area (Å²) in [5, 5.41) is 0.0150. The normalized spacial score (nSPS) is 18.6. The molecule has 0 saturated carbocycles. The molecule has 3 heteroatoms. The molecular formula is C16H13Br2Cl. The van der Waals surface area contributed by atoms with Gasteiger partial charge in [0.1, 0.15) is 0 Å². The van der Waals surface area contributed by atoms with Crippen molar-refractivity contribution in [3.05, 3.63) is 67.6 Å². The highest BCUT2D eigenvalue weighted by atomic mass is 79.9. The molecule has 0 nitrogen and oxygen atoms in total. The Morgan fingerprint density at radius 2 is 1.89 bits per heavy atom. The van der Waals surface area contributed by atoms with E-state index in [0.29, 0.717) is 5.92 Å². The van der Waals surface area contributed by atoms with Crippen molar-refractivity contribution in [1.29, 1.82) is 0 Å². The number of fused-ring (bicyclic) bond motifs is 1. The Balaban J connectivity index is 1.94. The molecule has 0 amide bonds. The van der Waals surface area contributed by atoms with E-state index in [4.69, 9.17) is 11.6 Å². The molecule has 0 saturated heterocycles. The molecule has 2 unspecified atom stereocenters. The van der Waals surface area contributed by atoms with E-state index in [9.17, 15) is 0 Å². The van der Waals surface area contributed by atoms with Crippen LogP contribution in [0.2, 0.25) is 0 Å². The summed E-state index contributed by atoms with van der Waals surface area (Å²) in [5.41, 5.74) is 5.21. The predicted molar refractivity (Wildman–Crippen MR) is 88.1 cm³/mol. The second-order valence-electron chi connectivity index (χ2n) is 5.03. The number of rotatable bonds is 2. The van der Waals surface area contributed by atoms with Crippen molar-refractivity contribution in [2.24, 2.45) is 0 Å². The Morgan fingerprint density at radius 1 is 1.16 bits per heavy atom. The van der Waals surface area contributed by atoms with E-state index in [1.54, 1.807) is 0 Å². The fourth-order valence-corrected chi connectivity index (χ4v) is 4.25. The molecule has 0 spiro atoms. The van der Waals surface area contributed by atoms with Crippen LogP contribution >= 0.6 is 43.5 Å². The number of benzene rings is 2. The molecule has 19 heavy (non-hydrogen) atoms. The van der Waals surface area contributed by atoms with Gasteiger partial charge in [0, 0.05) is 14.9 Å². The van der Waals surface area contributed by atoms with Crippen LogP contribution in [0.4, 0.5) is 0 Å². The highest BCUT2D eigenvalue weighted by Gasteiger charge is 2.33. The second-order valence-corrected chi connectivity index (χ2v) is 7.21. The molecule has 3 rings (SSSR count). The maximum Gasteiger partial charge on any atom is 0.0668 e. The molecule has 1 aliphatic carbocycles. The van der Waals surface area contributed by atoms with Crippen molar-refractivity contribution in [2.75, 3.05) is 0 Å². The van der Waals surface area contributed by atoms with Gasteiger partial charge in [0.15, 0.2) is 0 Å². The van der Waals surface area contributed by atoms with Crippen molar-refractivity contribution in [1.82, 2.24) is 0 Å². The lowest BCUT2D eigenvalue weighted by Gasteiger charge is -2.34. The van der Waals surface area contributed by atoms with Crippen molar-refractivity contribution in [3.8, 4) is 0 Å². The van der Waals surface area contributed by atoms with Crippen LogP contribution in [0, 0.1) is 6.92 Å². The van der Waals surface area contributed by atoms with Gasteiger partial charge in [-0.1, -0.05) is 56.1 Å². The Hall–Kier alpha value is -0.310. The quantitative estimate of drug-likeness (QED) is 0.531. The smallest absolute Gasteiger partial charge is 0.0668 e. The molecule has 98 valence electrons. The van der Waals surface area contributed by atoms with Crippen LogP contribution in [0.3, 0.4) is 0 Å². The maximum atomic E-state index is 6.71. The van der Waals surface area contributed by atoms with Gasteiger partial charge in [-0.25, -0.2) is 0 Å². The minimum Gasteiger partial charge on any atom is -0.117 e. The summed E-state index contributed by atoms with van der Waals surface area (Å²) in [5.74, 6) is 0.420. The van der Waals surface area contributed by atoms with Crippen LogP contribution in [0.1, 0.15) is 33.5 Å². The van der Waals surface area contributed by atoms with Crippen LogP contribution in [0.25, 0.3) is 0 Å². The minimum absolute atomic E-state index is 0.0150. The zero-order chi connectivity index (χ0) is 13.6. The van der Waals surface area contributed by atoms with Crippen molar-refractivity contribution in [2.45, 2.75) is 24.6 Å². The van der Waals surface area contributed by atoms with Crippen molar-refractivity contribution >= 4 is 43.5 Å². The predicted octanol–water partition coefficient (Wildman–Crippen LogP) is 6.14. The summed E-state index contributed by atoms with van der Waals surface area (Å²) in [7, 11) is 0. The van der Waals surface area contributed by atoms with Gasteiger partial charge in [0.2, 0.25) is 0 Å². The number of hydrogen-bond donors (Lipinski definition) is 0. The zero-order valence-electron chi connectivity index (χ0n) is 10.5. The van der Waals surface area contributed by atoms with Gasteiger partial charge in [-0.05, 0) is 47.7 Å². The molecule has 1 aliphatic rings. The highest BCUT2D eigenvalue weighted by molar-refractivity contribution is 9.11. The molecular weight excluding hydrogens is 387 g/mol. The molecule has 0 fully saturated rings. The molecule has 2 aromatic carbocycles. The summed E-state index contributed by atoms with van der Waals surface area (Å²) < 4.78 is 2.21. The van der Waals surface area contributed by atoms with E-state index >= 15 is 0 Å². The molecule has 0 radical (unpaired) electrons. The van der Waals surface area contributed by atoms with Gasteiger partial charge in [-0.2, -0.15) is 0 Å². The summed E-state index contributed by atoms with van der Waals surface area (Å²) in [6.45, 7) is 2.08. The van der Waals surface area contributed by atoms with Gasteiger partial charge in [-0.15, -0.1) is 11.6 Å². The SMILES string of the molecule is Cc1cc(Br)c(C(Cl)C2Cc3ccccc32)cc1Br. The third-order valence-electron chi connectivity index (χ3n) is 3.82. The van der Waals surface area contributed by atoms with E-state index in [2.05, 4.69) is 75.2 Å². The molecule has 0 N–H and O–H groups in total. The lowest BCUT2D eigenvalue weighted by molar-refractivity contribution is 0.586. The van der Waals surface area contributed by atoms with Gasteiger partial charge < -0.3 is 0 Å². The standard InChI is InChI=1S/C16H13Br2Cl/c1-9-6-15(18)13(8-14(9)17)16(19)12-7-10-4-2-3-5-11(10)12/h2-6,8,12,16H,7H2,1H3. The maximum absolute atomic E-state index is 6.71. The van der Waals surface area contributed by atoms with Gasteiger partial charge >= 0.3 is 0 Å². The summed E-state index contributed by atoms with van der Waals surface area (Å²) in [4.78, 5) is 0. The van der Waals surface area contributed by atoms with E-state index in [0.717, 1.165) is 15.4 Å². The minimum atomic E-state index is 0.0150. The van der Waals surface area contributed by atoms with Gasteiger partial charge in [0.25, 0.3) is 0 Å². The highest BCUT2D eigenvalue weighted by Crippen LogP contribution is 2.48. The molecule has 2 atom stereocenters. The Kier molecular flexibility index (Phi) is 3.76. The average molecular weight is 401 g/mol. The van der Waals surface area contributed by atoms with Crippen LogP contribution < -0.4 is 0 Å². The Bertz CT molecular complexity index is 637. The number of alkyl halides is 1. The van der Waals surface area contributed by atoms with Crippen LogP contribution in [-0.4, -0.2) is 0 Å². The van der Waals surface area contributed by atoms with Crippen LogP contribution in [0.15, 0.2) is 45.3 Å². The van der Waals surface area contributed by atoms with E-state index < -0.39 is 0 Å². The van der Waals surface area contributed by atoms with E-state index in [-0.39, 0.29) is 5.38 Å². The molecule has 2 aromatic rings. The number of hydrogen-bond acceptors (Lipinski definition) is 0. The largest absolute Gasteiger partial charge is 0.117 e. The second kappa shape index (κ2) is 5.23. The van der Waals surface area contributed by atoms with Crippen molar-refractivity contribution in [3.63, 3.8) is 0 Å². The summed E-state index contributed by atoms with van der Waals surface area (Å²) in [6, 6.07) is 12.8. The third kappa shape index (κ3) is 2.39. The lowest BCUT2D eigenvalue weighted by atomic mass is 9.74. The first-order valence-electron chi connectivity index (χ1n) is 6.25. The van der Waals surface area contributed by atoms with Gasteiger partial charge in [0.05, 0.1) is 5.38 Å². The van der Waals surface area contributed by atoms with E-state index in [1.807, 2.05) is 0 Å². The molecule has 0 bridgehead atoms. The summed E-state index contributed by atoms with van der Waals surface area (Å²) in [6.07, 6.45) is 1.07. The average Bonchev–Trinajstić information content (AvgIpc) is 2.35. The first-order valence-corrected chi connectivity index (χ1v) is 8.27. The first-order chi connectivity index (χ1) is 9.08. The molecule has 0 aliphatic heterocycles. The number of aryl methyl sites for hydroxylation is 1.